The Balaban J connectivity index is -0.00000240. The van der Waals surface area contributed by atoms with Crippen LogP contribution in [0.5, 0.6) is 0 Å². The van der Waals surface area contributed by atoms with Crippen LogP contribution in [0.15, 0.2) is 15.8 Å². The van der Waals surface area contributed by atoms with E-state index in [2.05, 4.69) is 13.1 Å². The molecule has 0 spiro atoms. The predicted octanol–water partition coefficient (Wildman–Crippen LogP) is -16.2. The van der Waals surface area contributed by atoms with Gasteiger partial charge < -0.3 is 38.5 Å². The third-order valence-corrected chi connectivity index (χ3v) is 7.10. The number of phosphoric acid groups is 3. The zero-order chi connectivity index (χ0) is 22.9. The second-order valence-corrected chi connectivity index (χ2v) is 9.85. The summed E-state index contributed by atoms with van der Waals surface area (Å²) in [7, 11) is -18.1. The van der Waals surface area contributed by atoms with Crippen LogP contribution in [-0.2, 0) is 31.6 Å². The minimum atomic E-state index is -6.15. The van der Waals surface area contributed by atoms with E-state index in [0.29, 0.717) is 0 Å². The van der Waals surface area contributed by atoms with Crippen molar-refractivity contribution in [2.75, 3.05) is 6.61 Å². The maximum atomic E-state index is 11.8. The van der Waals surface area contributed by atoms with Crippen molar-refractivity contribution in [3.63, 3.8) is 0 Å². The number of carbonyl (C=O) groups is 1. The molecule has 24 heteroatoms. The van der Waals surface area contributed by atoms with Gasteiger partial charge in [-0.3, -0.25) is 32.6 Å². The topological polar surface area (TPSA) is 273 Å². The molecule has 1 aromatic heterocycles. The van der Waals surface area contributed by atoms with E-state index in [4.69, 9.17) is 4.74 Å². The van der Waals surface area contributed by atoms with Gasteiger partial charge in [0.05, 0.1) is 26.1 Å². The van der Waals surface area contributed by atoms with Gasteiger partial charge in [-0.25, -0.2) is 9.11 Å². The Morgan fingerprint density at radius 2 is 1.65 bits per heavy atom. The van der Waals surface area contributed by atoms with Gasteiger partial charge in [-0.05, 0) is 0 Å². The van der Waals surface area contributed by atoms with Gasteiger partial charge in [-0.15, -0.1) is 0 Å². The van der Waals surface area contributed by atoms with Crippen molar-refractivity contribution in [1.29, 1.82) is 0 Å². The predicted molar refractivity (Wildman–Crippen MR) is 82.2 cm³/mol. The maximum Gasteiger partial charge on any atom is 1.00 e. The molecule has 0 aliphatic carbocycles. The minimum absolute atomic E-state index is 0. The van der Waals surface area contributed by atoms with Gasteiger partial charge in [0, 0.05) is 12.6 Å². The maximum absolute atomic E-state index is 11.8. The number of nitrogens with zero attached hydrogens (tertiary/aromatic N) is 1. The average molecular weight is 520 g/mol. The molecule has 2 heterocycles. The summed E-state index contributed by atoms with van der Waals surface area (Å²) in [5.74, 6) is 0. The summed E-state index contributed by atoms with van der Waals surface area (Å²) < 4.78 is 49.2. The van der Waals surface area contributed by atoms with E-state index in [1.54, 1.807) is 0 Å². The van der Waals surface area contributed by atoms with Crippen molar-refractivity contribution in [3.05, 3.63) is 32.6 Å². The number of phosphoric ester groups is 1. The summed E-state index contributed by atoms with van der Waals surface area (Å²) >= 11 is 0. The number of nitrogens with one attached hydrogen (secondary N) is 1. The first kappa shape index (κ1) is 39.6. The summed E-state index contributed by atoms with van der Waals surface area (Å²) in [6, 6.07) is 0. The van der Waals surface area contributed by atoms with Crippen LogP contribution in [0.25, 0.3) is 0 Å². The summed E-state index contributed by atoms with van der Waals surface area (Å²) in [5.41, 5.74) is -2.42. The summed E-state index contributed by atoms with van der Waals surface area (Å²) in [4.78, 5) is 78.9. The van der Waals surface area contributed by atoms with Crippen LogP contribution in [0, 0.1) is 0 Å². The fourth-order valence-corrected chi connectivity index (χ4v) is 5.15. The molecule has 1 aliphatic heterocycles. The van der Waals surface area contributed by atoms with E-state index in [1.807, 2.05) is 4.98 Å². The molecule has 5 atom stereocenters. The van der Waals surface area contributed by atoms with Gasteiger partial charge in [0.1, 0.15) is 12.3 Å². The van der Waals surface area contributed by atoms with Crippen molar-refractivity contribution in [3.8, 4) is 0 Å². The molecule has 1 saturated heterocycles. The standard InChI is InChI=1S/C10H15N2O15P3.4Li/c13-3-5-2-12(10(16)11-9(5)15)8-1-6(14)7(25-8)4-24-29(20,21)27-30(22,23)26-28(17,18)19;;;;/h2-3,6-8,14H,1,4H2,(H,20,21)(H,22,23)(H,11,15,16)(H2,17,18,19);;;;/q;4*+1/p-4. The summed E-state index contributed by atoms with van der Waals surface area (Å²) in [6.07, 6.45) is -3.56. The Kier molecular flexibility index (Phi) is 18.0. The number of aromatic nitrogens is 2. The molecule has 170 valence electrons. The largest absolute Gasteiger partial charge is 1.00 e. The number of aldehydes is 1. The Morgan fingerprint density at radius 3 is 2.15 bits per heavy atom. The van der Waals surface area contributed by atoms with E-state index in [0.717, 1.165) is 10.8 Å². The minimum Gasteiger partial charge on any atom is -0.790 e. The molecule has 1 aromatic rings. The van der Waals surface area contributed by atoms with Gasteiger partial charge in [-0.1, -0.05) is 0 Å². The normalized spacial score (nSPS) is 23.0. The molecule has 1 fully saturated rings. The fourth-order valence-electron chi connectivity index (χ4n) is 2.28. The summed E-state index contributed by atoms with van der Waals surface area (Å²) in [5, 5.41) is 9.92. The Hall–Kier alpha value is 1.07. The zero-order valence-corrected chi connectivity index (χ0v) is 20.9. The zero-order valence-electron chi connectivity index (χ0n) is 18.3. The van der Waals surface area contributed by atoms with E-state index >= 15 is 0 Å². The van der Waals surface area contributed by atoms with Crippen molar-refractivity contribution in [2.24, 2.45) is 0 Å². The first-order valence-corrected chi connectivity index (χ1v) is 11.9. The van der Waals surface area contributed by atoms with Gasteiger partial charge in [0.2, 0.25) is 0 Å². The number of aliphatic hydroxyl groups excluding tert-OH is 1. The van der Waals surface area contributed by atoms with E-state index < -0.39 is 65.3 Å². The monoisotopic (exact) mass is 520 g/mol. The Bertz CT molecular complexity index is 1080. The van der Waals surface area contributed by atoms with Crippen molar-refractivity contribution in [1.82, 2.24) is 9.55 Å². The smallest absolute Gasteiger partial charge is 0.790 e. The van der Waals surface area contributed by atoms with E-state index in [1.165, 1.54) is 0 Å². The molecule has 0 amide bonds. The number of carbonyl (C=O) groups excluding carboxylic acids is 1. The molecule has 1 aliphatic rings. The molecule has 2 N–H and O–H groups in total. The van der Waals surface area contributed by atoms with Crippen LogP contribution in [0.1, 0.15) is 23.0 Å². The molecule has 5 unspecified atom stereocenters. The van der Waals surface area contributed by atoms with Crippen molar-refractivity contribution < 1.29 is 136 Å². The molecular formula is C10H11Li4N2O15P3. The first-order valence-electron chi connectivity index (χ1n) is 7.48. The number of rotatable bonds is 9. The SMILES string of the molecule is O=Cc1cn(C2CC(O)C(COP(=O)([O-])OP(=O)([O-])OP(=O)([O-])[O-])O2)c(=O)[nH]c1=O.[Li+].[Li+].[Li+].[Li+]. The van der Waals surface area contributed by atoms with Crippen LogP contribution < -0.4 is 106 Å². The number of ether oxygens (including phenoxy) is 1. The van der Waals surface area contributed by atoms with Gasteiger partial charge in [0.15, 0.2) is 6.29 Å². The van der Waals surface area contributed by atoms with Gasteiger partial charge in [-0.2, -0.15) is 0 Å². The number of H-pyrrole nitrogens is 1. The first-order chi connectivity index (χ1) is 13.6. The Labute approximate surface area is 238 Å². The van der Waals surface area contributed by atoms with Crippen LogP contribution in [-0.4, -0.2) is 39.8 Å². The van der Waals surface area contributed by atoms with Crippen LogP contribution >= 0.6 is 23.5 Å². The number of aliphatic hydroxyl groups is 1. The number of hydrogen-bond acceptors (Lipinski definition) is 15. The van der Waals surface area contributed by atoms with E-state index in [-0.39, 0.29) is 88.1 Å². The Morgan fingerprint density at radius 1 is 1.09 bits per heavy atom. The quantitative estimate of drug-likeness (QED) is 0.174. The molecular weight excluding hydrogens is 509 g/mol. The molecule has 0 saturated carbocycles. The number of hydrogen-bond donors (Lipinski definition) is 2. The third kappa shape index (κ3) is 12.1. The van der Waals surface area contributed by atoms with Crippen LogP contribution in [0.2, 0.25) is 0 Å². The van der Waals surface area contributed by atoms with Crippen LogP contribution in [0.3, 0.4) is 0 Å². The fraction of sp³-hybridized carbons (Fsp3) is 0.500. The molecule has 0 bridgehead atoms. The summed E-state index contributed by atoms with van der Waals surface area (Å²) in [6.45, 7) is -1.07. The average Bonchev–Trinajstić information content (AvgIpc) is 2.90. The number of aromatic amines is 1. The third-order valence-electron chi connectivity index (χ3n) is 3.43. The molecule has 0 aromatic carbocycles. The van der Waals surface area contributed by atoms with Crippen LogP contribution in [0.4, 0.5) is 0 Å². The second kappa shape index (κ2) is 15.5. The second-order valence-electron chi connectivity index (χ2n) is 5.60. The van der Waals surface area contributed by atoms with E-state index in [9.17, 15) is 52.8 Å². The molecule has 2 rings (SSSR count). The molecule has 17 nitrogen and oxygen atoms in total. The van der Waals surface area contributed by atoms with Gasteiger partial charge in [0.25, 0.3) is 21.2 Å². The molecule has 34 heavy (non-hydrogen) atoms. The molecule has 0 radical (unpaired) electrons. The van der Waals surface area contributed by atoms with Gasteiger partial charge >= 0.3 is 81.1 Å². The van der Waals surface area contributed by atoms with Crippen molar-refractivity contribution in [2.45, 2.75) is 24.9 Å². The van der Waals surface area contributed by atoms with Crippen molar-refractivity contribution >= 4 is 29.8 Å².